The zero-order valence-corrected chi connectivity index (χ0v) is 15.0. The van der Waals surface area contributed by atoms with Crippen LogP contribution >= 0.6 is 0 Å². The second-order valence-corrected chi connectivity index (χ2v) is 6.74. The van der Waals surface area contributed by atoms with Gasteiger partial charge in [-0.15, -0.1) is 0 Å². The lowest BCUT2D eigenvalue weighted by Gasteiger charge is -2.32. The van der Waals surface area contributed by atoms with Crippen molar-refractivity contribution in [1.29, 1.82) is 0 Å². The van der Waals surface area contributed by atoms with Crippen LogP contribution in [0.4, 0.5) is 0 Å². The third kappa shape index (κ3) is 4.20. The Morgan fingerprint density at radius 2 is 1.84 bits per heavy atom. The minimum absolute atomic E-state index is 0.0630. The first-order valence-corrected chi connectivity index (χ1v) is 8.82. The lowest BCUT2D eigenvalue weighted by Crippen LogP contribution is -2.47. The van der Waals surface area contributed by atoms with Gasteiger partial charge in [0.2, 0.25) is 11.8 Å². The van der Waals surface area contributed by atoms with Gasteiger partial charge in [-0.1, -0.05) is 18.2 Å². The van der Waals surface area contributed by atoms with Crippen molar-refractivity contribution in [3.8, 4) is 0 Å². The Morgan fingerprint density at radius 3 is 2.60 bits per heavy atom. The maximum atomic E-state index is 12.2. The number of fused-ring (bicyclic) bond motifs is 1. The molecule has 1 aliphatic rings. The molecule has 6 heteroatoms. The monoisotopic (exact) mass is 342 g/mol. The summed E-state index contributed by atoms with van der Waals surface area (Å²) in [6, 6.07) is 8.06. The van der Waals surface area contributed by atoms with Crippen LogP contribution in [0.2, 0.25) is 0 Å². The maximum Gasteiger partial charge on any atom is 0.239 e. The van der Waals surface area contributed by atoms with Gasteiger partial charge in [0.05, 0.1) is 0 Å². The number of benzene rings is 1. The first kappa shape index (κ1) is 17.5. The number of rotatable bonds is 5. The molecule has 0 radical (unpaired) electrons. The molecule has 6 nitrogen and oxygen atoms in total. The quantitative estimate of drug-likeness (QED) is 0.889. The van der Waals surface area contributed by atoms with Gasteiger partial charge in [0, 0.05) is 56.2 Å². The van der Waals surface area contributed by atoms with Crippen LogP contribution in [0.25, 0.3) is 10.9 Å². The SMILES string of the molecule is Cc1cn(CC(=O)NCCC(=O)N2CCN(C)CC2)c2ccccc12. The molecule has 25 heavy (non-hydrogen) atoms. The van der Waals surface area contributed by atoms with Gasteiger partial charge in [-0.2, -0.15) is 0 Å². The minimum atomic E-state index is -0.0630. The number of carbonyl (C=O) groups is 2. The molecule has 0 bridgehead atoms. The van der Waals surface area contributed by atoms with E-state index in [1.54, 1.807) is 0 Å². The van der Waals surface area contributed by atoms with Crippen LogP contribution in [0.15, 0.2) is 30.5 Å². The molecule has 0 spiro atoms. The van der Waals surface area contributed by atoms with Crippen molar-refractivity contribution in [2.45, 2.75) is 19.9 Å². The van der Waals surface area contributed by atoms with Gasteiger partial charge in [0.1, 0.15) is 6.54 Å². The Kier molecular flexibility index (Phi) is 5.38. The summed E-state index contributed by atoms with van der Waals surface area (Å²) in [7, 11) is 2.06. The molecule has 1 N–H and O–H groups in total. The minimum Gasteiger partial charge on any atom is -0.354 e. The Hall–Kier alpha value is -2.34. The summed E-state index contributed by atoms with van der Waals surface area (Å²) >= 11 is 0. The highest BCUT2D eigenvalue weighted by atomic mass is 16.2. The average Bonchev–Trinajstić information content (AvgIpc) is 2.91. The number of aromatic nitrogens is 1. The molecule has 2 aromatic rings. The molecule has 1 saturated heterocycles. The van der Waals surface area contributed by atoms with E-state index < -0.39 is 0 Å². The number of aryl methyl sites for hydroxylation is 1. The topological polar surface area (TPSA) is 57.6 Å². The fraction of sp³-hybridized carbons (Fsp3) is 0.474. The fourth-order valence-electron chi connectivity index (χ4n) is 3.29. The van der Waals surface area contributed by atoms with E-state index in [0.717, 1.165) is 37.3 Å². The zero-order chi connectivity index (χ0) is 17.8. The number of carbonyl (C=O) groups excluding carboxylic acids is 2. The molecule has 1 aromatic heterocycles. The summed E-state index contributed by atoms with van der Waals surface area (Å²) in [4.78, 5) is 28.5. The fourth-order valence-corrected chi connectivity index (χ4v) is 3.29. The van der Waals surface area contributed by atoms with E-state index in [0.29, 0.717) is 13.0 Å². The summed E-state index contributed by atoms with van der Waals surface area (Å²) < 4.78 is 1.96. The smallest absolute Gasteiger partial charge is 0.239 e. The van der Waals surface area contributed by atoms with Crippen molar-refractivity contribution in [3.05, 3.63) is 36.0 Å². The summed E-state index contributed by atoms with van der Waals surface area (Å²) in [5, 5.41) is 4.03. The van der Waals surface area contributed by atoms with E-state index in [-0.39, 0.29) is 18.4 Å². The summed E-state index contributed by atoms with van der Waals surface area (Å²) in [5.74, 6) is 0.0580. The van der Waals surface area contributed by atoms with E-state index in [4.69, 9.17) is 0 Å². The summed E-state index contributed by atoms with van der Waals surface area (Å²) in [6.07, 6.45) is 2.36. The number of nitrogens with one attached hydrogen (secondary N) is 1. The molecular weight excluding hydrogens is 316 g/mol. The van der Waals surface area contributed by atoms with Gasteiger partial charge in [-0.25, -0.2) is 0 Å². The lowest BCUT2D eigenvalue weighted by molar-refractivity contribution is -0.132. The molecule has 1 aromatic carbocycles. The first-order valence-electron chi connectivity index (χ1n) is 8.82. The number of nitrogens with zero attached hydrogens (tertiary/aromatic N) is 3. The van der Waals surface area contributed by atoms with Gasteiger partial charge in [-0.3, -0.25) is 9.59 Å². The van der Waals surface area contributed by atoms with Gasteiger partial charge >= 0.3 is 0 Å². The number of para-hydroxylation sites is 1. The van der Waals surface area contributed by atoms with Crippen LogP contribution < -0.4 is 5.32 Å². The molecule has 3 rings (SSSR count). The predicted molar refractivity (Wildman–Crippen MR) is 98.4 cm³/mol. The molecule has 0 atom stereocenters. The van der Waals surface area contributed by atoms with Crippen LogP contribution in [0, 0.1) is 6.92 Å². The molecule has 0 unspecified atom stereocenters. The molecular formula is C19H26N4O2. The number of amides is 2. The molecule has 1 fully saturated rings. The second kappa shape index (κ2) is 7.70. The van der Waals surface area contributed by atoms with Crippen molar-refractivity contribution in [2.75, 3.05) is 39.8 Å². The van der Waals surface area contributed by atoms with E-state index in [1.807, 2.05) is 40.8 Å². The van der Waals surface area contributed by atoms with Crippen LogP contribution in [-0.2, 0) is 16.1 Å². The standard InChI is InChI=1S/C19H26N4O2/c1-15-13-23(17-6-4-3-5-16(15)17)14-18(24)20-8-7-19(25)22-11-9-21(2)10-12-22/h3-6,13H,7-12,14H2,1-2H3,(H,20,24). The summed E-state index contributed by atoms with van der Waals surface area (Å²) in [5.41, 5.74) is 2.22. The van der Waals surface area contributed by atoms with Crippen molar-refractivity contribution < 1.29 is 9.59 Å². The first-order chi connectivity index (χ1) is 12.0. The zero-order valence-electron chi connectivity index (χ0n) is 15.0. The third-order valence-electron chi connectivity index (χ3n) is 4.82. The average molecular weight is 342 g/mol. The lowest BCUT2D eigenvalue weighted by atomic mass is 10.2. The Morgan fingerprint density at radius 1 is 1.12 bits per heavy atom. The Labute approximate surface area is 148 Å². The number of hydrogen-bond donors (Lipinski definition) is 1. The number of likely N-dealkylation sites (N-methyl/N-ethyl adjacent to an activating group) is 1. The van der Waals surface area contributed by atoms with E-state index >= 15 is 0 Å². The Bertz CT molecular complexity index is 760. The number of piperazine rings is 1. The van der Waals surface area contributed by atoms with Crippen molar-refractivity contribution >= 4 is 22.7 Å². The summed E-state index contributed by atoms with van der Waals surface area (Å²) in [6.45, 7) is 6.09. The van der Waals surface area contributed by atoms with Crippen LogP contribution in [0.1, 0.15) is 12.0 Å². The van der Waals surface area contributed by atoms with Crippen LogP contribution in [0.3, 0.4) is 0 Å². The van der Waals surface area contributed by atoms with Crippen LogP contribution in [0.5, 0.6) is 0 Å². The van der Waals surface area contributed by atoms with Gasteiger partial charge in [0.15, 0.2) is 0 Å². The Balaban J connectivity index is 1.47. The molecule has 0 saturated carbocycles. The molecule has 2 amide bonds. The maximum absolute atomic E-state index is 12.2. The highest BCUT2D eigenvalue weighted by molar-refractivity contribution is 5.86. The van der Waals surface area contributed by atoms with Crippen molar-refractivity contribution in [3.63, 3.8) is 0 Å². The van der Waals surface area contributed by atoms with Crippen molar-refractivity contribution in [2.24, 2.45) is 0 Å². The largest absolute Gasteiger partial charge is 0.354 e. The van der Waals surface area contributed by atoms with Gasteiger partial charge in [-0.05, 0) is 25.6 Å². The molecule has 1 aliphatic heterocycles. The van der Waals surface area contributed by atoms with E-state index in [1.165, 1.54) is 5.39 Å². The molecule has 0 aliphatic carbocycles. The second-order valence-electron chi connectivity index (χ2n) is 6.74. The number of hydrogen-bond acceptors (Lipinski definition) is 3. The predicted octanol–water partition coefficient (Wildman–Crippen LogP) is 1.23. The normalized spacial score (nSPS) is 15.5. The van der Waals surface area contributed by atoms with Gasteiger partial charge in [0.25, 0.3) is 0 Å². The highest BCUT2D eigenvalue weighted by Gasteiger charge is 2.18. The van der Waals surface area contributed by atoms with Crippen molar-refractivity contribution in [1.82, 2.24) is 19.7 Å². The molecule has 134 valence electrons. The highest BCUT2D eigenvalue weighted by Crippen LogP contribution is 2.20. The molecule has 2 heterocycles. The van der Waals surface area contributed by atoms with E-state index in [2.05, 4.69) is 23.3 Å². The van der Waals surface area contributed by atoms with Gasteiger partial charge < -0.3 is 19.7 Å². The third-order valence-corrected chi connectivity index (χ3v) is 4.82. The van der Waals surface area contributed by atoms with E-state index in [9.17, 15) is 9.59 Å². The van der Waals surface area contributed by atoms with Crippen LogP contribution in [-0.4, -0.2) is 66.0 Å².